The normalized spacial score (nSPS) is 24.9. The van der Waals surface area contributed by atoms with E-state index in [1.807, 2.05) is 6.92 Å². The monoisotopic (exact) mass is 183 g/mol. The second-order valence-electron chi connectivity index (χ2n) is 3.28. The van der Waals surface area contributed by atoms with E-state index >= 15 is 0 Å². The molecule has 2 atom stereocenters. The second kappa shape index (κ2) is 3.43. The Kier molecular flexibility index (Phi) is 2.28. The van der Waals surface area contributed by atoms with Gasteiger partial charge in [-0.1, -0.05) is 5.16 Å². The fourth-order valence-corrected chi connectivity index (χ4v) is 1.34. The summed E-state index contributed by atoms with van der Waals surface area (Å²) in [5.74, 6) is 1.11. The van der Waals surface area contributed by atoms with Crippen molar-refractivity contribution < 1.29 is 9.26 Å². The molecule has 2 unspecified atom stereocenters. The van der Waals surface area contributed by atoms with E-state index in [0.29, 0.717) is 11.7 Å². The number of ether oxygens (including phenoxy) is 1. The molecule has 0 amide bonds. The van der Waals surface area contributed by atoms with Gasteiger partial charge in [-0.2, -0.15) is 4.98 Å². The largest absolute Gasteiger partial charge is 0.368 e. The minimum Gasteiger partial charge on any atom is -0.368 e. The van der Waals surface area contributed by atoms with E-state index in [-0.39, 0.29) is 12.1 Å². The van der Waals surface area contributed by atoms with Gasteiger partial charge in [-0.25, -0.2) is 0 Å². The van der Waals surface area contributed by atoms with E-state index in [1.165, 1.54) is 0 Å². The number of rotatable bonds is 2. The zero-order valence-corrected chi connectivity index (χ0v) is 7.56. The molecule has 1 aliphatic rings. The topological polar surface area (TPSA) is 74.2 Å². The summed E-state index contributed by atoms with van der Waals surface area (Å²) in [6, 6.07) is -0.182. The van der Waals surface area contributed by atoms with Crippen molar-refractivity contribution in [1.82, 2.24) is 10.1 Å². The molecule has 1 fully saturated rings. The first-order chi connectivity index (χ1) is 6.27. The Morgan fingerprint density at radius 1 is 1.62 bits per heavy atom. The average molecular weight is 183 g/mol. The molecule has 5 nitrogen and oxygen atoms in total. The van der Waals surface area contributed by atoms with Crippen LogP contribution < -0.4 is 5.73 Å². The molecule has 0 aliphatic carbocycles. The third kappa shape index (κ3) is 1.71. The van der Waals surface area contributed by atoms with Gasteiger partial charge in [0, 0.05) is 6.61 Å². The van der Waals surface area contributed by atoms with Gasteiger partial charge in [0.15, 0.2) is 5.82 Å². The van der Waals surface area contributed by atoms with Crippen molar-refractivity contribution in [2.75, 3.05) is 6.61 Å². The van der Waals surface area contributed by atoms with Crippen LogP contribution in [-0.4, -0.2) is 16.7 Å². The minimum absolute atomic E-state index is 0.0139. The third-order valence-corrected chi connectivity index (χ3v) is 2.07. The van der Waals surface area contributed by atoms with Crippen LogP contribution in [0.3, 0.4) is 0 Å². The summed E-state index contributed by atoms with van der Waals surface area (Å²) >= 11 is 0. The highest BCUT2D eigenvalue weighted by molar-refractivity contribution is 4.94. The quantitative estimate of drug-likeness (QED) is 0.738. The molecule has 2 N–H and O–H groups in total. The summed E-state index contributed by atoms with van der Waals surface area (Å²) < 4.78 is 10.4. The molecule has 1 saturated heterocycles. The molecule has 5 heteroatoms. The van der Waals surface area contributed by atoms with Crippen LogP contribution in [-0.2, 0) is 4.74 Å². The molecule has 1 aliphatic heterocycles. The molecule has 2 heterocycles. The molecule has 1 aromatic rings. The molecule has 0 radical (unpaired) electrons. The Balaban J connectivity index is 2.12. The molecular weight excluding hydrogens is 170 g/mol. The first kappa shape index (κ1) is 8.65. The van der Waals surface area contributed by atoms with E-state index in [9.17, 15) is 0 Å². The lowest BCUT2D eigenvalue weighted by Crippen LogP contribution is -2.07. The van der Waals surface area contributed by atoms with Crippen LogP contribution in [0.5, 0.6) is 0 Å². The summed E-state index contributed by atoms with van der Waals surface area (Å²) in [6.45, 7) is 2.60. The first-order valence-electron chi connectivity index (χ1n) is 4.48. The summed E-state index contributed by atoms with van der Waals surface area (Å²) in [6.07, 6.45) is 2.00. The standard InChI is InChI=1S/C8H13N3O2/c1-5(9)7-10-8(13-11-7)6-3-2-4-12-6/h5-6H,2-4,9H2,1H3. The van der Waals surface area contributed by atoms with E-state index in [0.717, 1.165) is 19.4 Å². The Morgan fingerprint density at radius 3 is 3.00 bits per heavy atom. The summed E-state index contributed by atoms with van der Waals surface area (Å²) in [7, 11) is 0. The number of hydrogen-bond donors (Lipinski definition) is 1. The van der Waals surface area contributed by atoms with Crippen molar-refractivity contribution in [3.8, 4) is 0 Å². The van der Waals surface area contributed by atoms with E-state index in [2.05, 4.69) is 10.1 Å². The van der Waals surface area contributed by atoms with Crippen LogP contribution in [0.4, 0.5) is 0 Å². The number of hydrogen-bond acceptors (Lipinski definition) is 5. The van der Waals surface area contributed by atoms with Gasteiger partial charge in [0.25, 0.3) is 5.89 Å². The van der Waals surface area contributed by atoms with Crippen molar-refractivity contribution >= 4 is 0 Å². The Labute approximate surface area is 76.3 Å². The van der Waals surface area contributed by atoms with Gasteiger partial charge < -0.3 is 15.0 Å². The Hall–Kier alpha value is -0.940. The Morgan fingerprint density at radius 2 is 2.46 bits per heavy atom. The maximum absolute atomic E-state index is 5.60. The molecule has 0 aromatic carbocycles. The van der Waals surface area contributed by atoms with E-state index < -0.39 is 0 Å². The highest BCUT2D eigenvalue weighted by Crippen LogP contribution is 2.27. The smallest absolute Gasteiger partial charge is 0.255 e. The van der Waals surface area contributed by atoms with Gasteiger partial charge >= 0.3 is 0 Å². The highest BCUT2D eigenvalue weighted by Gasteiger charge is 2.24. The van der Waals surface area contributed by atoms with Gasteiger partial charge in [0.05, 0.1) is 6.04 Å². The first-order valence-corrected chi connectivity index (χ1v) is 4.48. The van der Waals surface area contributed by atoms with Crippen molar-refractivity contribution in [1.29, 1.82) is 0 Å². The van der Waals surface area contributed by atoms with Crippen LogP contribution in [0.1, 0.15) is 43.6 Å². The predicted molar refractivity (Wildman–Crippen MR) is 44.8 cm³/mol. The van der Waals surface area contributed by atoms with Gasteiger partial charge in [-0.05, 0) is 19.8 Å². The number of aromatic nitrogens is 2. The van der Waals surface area contributed by atoms with Crippen LogP contribution in [0.2, 0.25) is 0 Å². The minimum atomic E-state index is -0.182. The molecule has 72 valence electrons. The summed E-state index contributed by atoms with van der Waals surface area (Å²) in [5.41, 5.74) is 5.60. The summed E-state index contributed by atoms with van der Waals surface area (Å²) in [5, 5.41) is 3.77. The molecule has 0 spiro atoms. The number of nitrogens with two attached hydrogens (primary N) is 1. The molecule has 13 heavy (non-hydrogen) atoms. The lowest BCUT2D eigenvalue weighted by Gasteiger charge is -2.00. The Bertz CT molecular complexity index is 279. The maximum atomic E-state index is 5.60. The van der Waals surface area contributed by atoms with Gasteiger partial charge in [0.2, 0.25) is 0 Å². The maximum Gasteiger partial charge on any atom is 0.255 e. The average Bonchev–Trinajstić information content (AvgIpc) is 2.75. The fraction of sp³-hybridized carbons (Fsp3) is 0.750. The molecule has 1 aromatic heterocycles. The van der Waals surface area contributed by atoms with E-state index in [4.69, 9.17) is 15.0 Å². The van der Waals surface area contributed by atoms with Crippen LogP contribution in [0.25, 0.3) is 0 Å². The SMILES string of the molecule is CC(N)c1noc(C2CCCO2)n1. The third-order valence-electron chi connectivity index (χ3n) is 2.07. The lowest BCUT2D eigenvalue weighted by atomic mass is 10.2. The zero-order chi connectivity index (χ0) is 9.26. The van der Waals surface area contributed by atoms with Gasteiger partial charge in [-0.3, -0.25) is 0 Å². The van der Waals surface area contributed by atoms with Crippen LogP contribution in [0.15, 0.2) is 4.52 Å². The van der Waals surface area contributed by atoms with Crippen molar-refractivity contribution in [2.24, 2.45) is 5.73 Å². The van der Waals surface area contributed by atoms with Crippen molar-refractivity contribution in [3.05, 3.63) is 11.7 Å². The molecule has 0 bridgehead atoms. The fourth-order valence-electron chi connectivity index (χ4n) is 1.34. The molecular formula is C8H13N3O2. The van der Waals surface area contributed by atoms with Crippen LogP contribution in [0, 0.1) is 0 Å². The molecule has 0 saturated carbocycles. The summed E-state index contributed by atoms with van der Waals surface area (Å²) in [4.78, 5) is 4.16. The van der Waals surface area contributed by atoms with Crippen molar-refractivity contribution in [2.45, 2.75) is 31.9 Å². The zero-order valence-electron chi connectivity index (χ0n) is 7.56. The molecule has 2 rings (SSSR count). The van der Waals surface area contributed by atoms with E-state index in [1.54, 1.807) is 0 Å². The second-order valence-corrected chi connectivity index (χ2v) is 3.28. The lowest BCUT2D eigenvalue weighted by molar-refractivity contribution is 0.0835. The van der Waals surface area contributed by atoms with Crippen molar-refractivity contribution in [3.63, 3.8) is 0 Å². The van der Waals surface area contributed by atoms with Gasteiger partial charge in [-0.15, -0.1) is 0 Å². The highest BCUT2D eigenvalue weighted by atomic mass is 16.5. The van der Waals surface area contributed by atoms with Gasteiger partial charge in [0.1, 0.15) is 6.10 Å². The van der Waals surface area contributed by atoms with Crippen LogP contribution >= 0.6 is 0 Å². The number of nitrogens with zero attached hydrogens (tertiary/aromatic N) is 2. The predicted octanol–water partition coefficient (Wildman–Crippen LogP) is 0.941.